The quantitative estimate of drug-likeness (QED) is 0.570. The molecule has 7 heteroatoms. The third kappa shape index (κ3) is 5.15. The first-order chi connectivity index (χ1) is 17.0. The van der Waals surface area contributed by atoms with Gasteiger partial charge in [-0.15, -0.1) is 0 Å². The van der Waals surface area contributed by atoms with Gasteiger partial charge in [-0.1, -0.05) is 19.1 Å². The van der Waals surface area contributed by atoms with E-state index in [0.29, 0.717) is 37.5 Å². The number of hydrogen-bond acceptors (Lipinski definition) is 6. The summed E-state index contributed by atoms with van der Waals surface area (Å²) in [6.07, 6.45) is 5.82. The number of aryl methyl sites for hydroxylation is 1. The molecule has 1 aromatic heterocycles. The number of amides is 1. The summed E-state index contributed by atoms with van der Waals surface area (Å²) < 4.78 is 6.25. The highest BCUT2D eigenvalue weighted by Gasteiger charge is 2.40. The number of ketones is 2. The Balaban J connectivity index is 1.15. The van der Waals surface area contributed by atoms with E-state index < -0.39 is 6.04 Å². The average Bonchev–Trinajstić information content (AvgIpc) is 3.21. The van der Waals surface area contributed by atoms with Crippen LogP contribution in [0.1, 0.15) is 66.2 Å². The van der Waals surface area contributed by atoms with Crippen molar-refractivity contribution >= 4 is 17.5 Å². The summed E-state index contributed by atoms with van der Waals surface area (Å²) in [5.74, 6) is 0.905. The highest BCUT2D eigenvalue weighted by atomic mass is 16.5. The number of pyridine rings is 1. The standard InChI is InChI=1S/C28H33N3O4/c1-2-21-7-6-20(15-29-21)16-30-12-10-19(11-13-30)18-35-27-5-3-4-23-24(27)17-31(28(23)34)25-9-8-22(32)14-26(25)33/h3-7,15,19,25H,2,8-14,16-18H2,1H3. The minimum atomic E-state index is -0.502. The lowest BCUT2D eigenvalue weighted by Crippen LogP contribution is -2.44. The molecule has 5 rings (SSSR count). The van der Waals surface area contributed by atoms with Crippen LogP contribution in [-0.4, -0.2) is 58.0 Å². The fourth-order valence-corrected chi connectivity index (χ4v) is 5.44. The smallest absolute Gasteiger partial charge is 0.255 e. The van der Waals surface area contributed by atoms with Gasteiger partial charge >= 0.3 is 0 Å². The Morgan fingerprint density at radius 3 is 2.60 bits per heavy atom. The van der Waals surface area contributed by atoms with Crippen LogP contribution in [0.15, 0.2) is 36.5 Å². The highest BCUT2D eigenvalue weighted by molar-refractivity contribution is 6.07. The summed E-state index contributed by atoms with van der Waals surface area (Å²) in [6, 6.07) is 9.37. The van der Waals surface area contributed by atoms with Crippen LogP contribution in [0.3, 0.4) is 0 Å². The molecule has 2 aromatic rings. The maximum atomic E-state index is 13.0. The van der Waals surface area contributed by atoms with Gasteiger partial charge in [-0.05, 0) is 68.5 Å². The Morgan fingerprint density at radius 2 is 1.89 bits per heavy atom. The predicted octanol–water partition coefficient (Wildman–Crippen LogP) is 3.58. The molecular formula is C28H33N3O4. The average molecular weight is 476 g/mol. The number of Topliss-reactive ketones (excluding diaryl/α,β-unsaturated/α-hetero) is 2. The first kappa shape index (κ1) is 23.7. The monoisotopic (exact) mass is 475 g/mol. The molecule has 3 heterocycles. The number of ether oxygens (including phenoxy) is 1. The summed E-state index contributed by atoms with van der Waals surface area (Å²) in [5, 5.41) is 0. The third-order valence-corrected chi connectivity index (χ3v) is 7.60. The summed E-state index contributed by atoms with van der Waals surface area (Å²) >= 11 is 0. The lowest BCUT2D eigenvalue weighted by molar-refractivity contribution is -0.133. The van der Waals surface area contributed by atoms with Crippen molar-refractivity contribution in [3.63, 3.8) is 0 Å². The number of likely N-dealkylation sites (tertiary alicyclic amines) is 1. The van der Waals surface area contributed by atoms with Crippen molar-refractivity contribution in [3.05, 3.63) is 58.9 Å². The summed E-state index contributed by atoms with van der Waals surface area (Å²) in [6.45, 7) is 6.12. The molecule has 0 bridgehead atoms. The molecule has 0 N–H and O–H groups in total. The predicted molar refractivity (Wildman–Crippen MR) is 131 cm³/mol. The molecule has 7 nitrogen and oxygen atoms in total. The van der Waals surface area contributed by atoms with E-state index in [9.17, 15) is 14.4 Å². The fourth-order valence-electron chi connectivity index (χ4n) is 5.44. The normalized spacial score (nSPS) is 21.5. The topological polar surface area (TPSA) is 79.8 Å². The second-order valence-electron chi connectivity index (χ2n) is 9.99. The van der Waals surface area contributed by atoms with E-state index in [4.69, 9.17) is 4.74 Å². The molecule has 1 unspecified atom stereocenters. The van der Waals surface area contributed by atoms with Gasteiger partial charge in [0.1, 0.15) is 11.5 Å². The SMILES string of the molecule is CCc1ccc(CN2CCC(COc3cccc4c3CN(C3CCC(=O)CC3=O)C4=O)CC2)cn1. The Kier molecular flexibility index (Phi) is 6.95. The minimum absolute atomic E-state index is 0.0310. The highest BCUT2D eigenvalue weighted by Crippen LogP contribution is 2.35. The zero-order valence-corrected chi connectivity index (χ0v) is 20.4. The van der Waals surface area contributed by atoms with Crippen LogP contribution in [0, 0.1) is 5.92 Å². The van der Waals surface area contributed by atoms with E-state index in [-0.39, 0.29) is 23.9 Å². The van der Waals surface area contributed by atoms with Crippen molar-refractivity contribution in [2.75, 3.05) is 19.7 Å². The van der Waals surface area contributed by atoms with Crippen molar-refractivity contribution in [1.29, 1.82) is 0 Å². The van der Waals surface area contributed by atoms with Gasteiger partial charge < -0.3 is 9.64 Å². The van der Waals surface area contributed by atoms with Crippen molar-refractivity contribution < 1.29 is 19.1 Å². The molecule has 0 radical (unpaired) electrons. The number of fused-ring (bicyclic) bond motifs is 1. The van der Waals surface area contributed by atoms with Crippen LogP contribution in [0.25, 0.3) is 0 Å². The molecule has 1 atom stereocenters. The largest absolute Gasteiger partial charge is 0.493 e. The molecule has 2 fully saturated rings. The molecule has 0 spiro atoms. The summed E-state index contributed by atoms with van der Waals surface area (Å²) in [7, 11) is 0. The Bertz CT molecular complexity index is 1110. The van der Waals surface area contributed by atoms with Crippen LogP contribution in [0.2, 0.25) is 0 Å². The van der Waals surface area contributed by atoms with Gasteiger partial charge in [0.05, 0.1) is 25.6 Å². The van der Waals surface area contributed by atoms with Crippen molar-refractivity contribution in [3.8, 4) is 5.75 Å². The van der Waals surface area contributed by atoms with Crippen molar-refractivity contribution in [2.24, 2.45) is 5.92 Å². The third-order valence-electron chi connectivity index (χ3n) is 7.60. The van der Waals surface area contributed by atoms with Gasteiger partial charge in [0.2, 0.25) is 0 Å². The van der Waals surface area contributed by atoms with Gasteiger partial charge in [0.25, 0.3) is 5.91 Å². The van der Waals surface area contributed by atoms with E-state index >= 15 is 0 Å². The van der Waals surface area contributed by atoms with E-state index in [1.165, 1.54) is 5.56 Å². The molecule has 35 heavy (non-hydrogen) atoms. The number of carbonyl (C=O) groups excluding carboxylic acids is 3. The van der Waals surface area contributed by atoms with Crippen LogP contribution in [0.5, 0.6) is 5.75 Å². The maximum Gasteiger partial charge on any atom is 0.255 e. The first-order valence-electron chi connectivity index (χ1n) is 12.8. The van der Waals surface area contributed by atoms with Gasteiger partial charge in [0, 0.05) is 36.0 Å². The molecule has 1 saturated heterocycles. The van der Waals surface area contributed by atoms with E-state index in [1.54, 1.807) is 4.90 Å². The zero-order valence-electron chi connectivity index (χ0n) is 20.4. The number of benzene rings is 1. The van der Waals surface area contributed by atoms with E-state index in [1.807, 2.05) is 24.4 Å². The molecule has 184 valence electrons. The Hall–Kier alpha value is -3.06. The van der Waals surface area contributed by atoms with Crippen molar-refractivity contribution in [2.45, 2.75) is 64.6 Å². The molecule has 1 aliphatic carbocycles. The number of nitrogens with zero attached hydrogens (tertiary/aromatic N) is 3. The number of rotatable bonds is 7. The Labute approximate surface area is 206 Å². The minimum Gasteiger partial charge on any atom is -0.493 e. The summed E-state index contributed by atoms with van der Waals surface area (Å²) in [4.78, 5) is 45.7. The van der Waals surface area contributed by atoms with Crippen LogP contribution in [-0.2, 0) is 29.1 Å². The Morgan fingerprint density at radius 1 is 1.06 bits per heavy atom. The van der Waals surface area contributed by atoms with Crippen LogP contribution < -0.4 is 4.74 Å². The number of aromatic nitrogens is 1. The van der Waals surface area contributed by atoms with Crippen molar-refractivity contribution in [1.82, 2.24) is 14.8 Å². The zero-order chi connectivity index (χ0) is 24.4. The van der Waals surface area contributed by atoms with Gasteiger partial charge in [-0.3, -0.25) is 24.3 Å². The maximum absolute atomic E-state index is 13.0. The molecule has 1 aromatic carbocycles. The first-order valence-corrected chi connectivity index (χ1v) is 12.8. The second kappa shape index (κ2) is 10.3. The lowest BCUT2D eigenvalue weighted by atomic mass is 9.92. The number of carbonyl (C=O) groups is 3. The molecule has 3 aliphatic rings. The molecule has 1 amide bonds. The van der Waals surface area contributed by atoms with E-state index in [0.717, 1.165) is 55.9 Å². The number of piperidine rings is 1. The number of hydrogen-bond donors (Lipinski definition) is 0. The molecular weight excluding hydrogens is 442 g/mol. The second-order valence-corrected chi connectivity index (χ2v) is 9.99. The van der Waals surface area contributed by atoms with Gasteiger partial charge in [-0.25, -0.2) is 0 Å². The molecule has 1 saturated carbocycles. The lowest BCUT2D eigenvalue weighted by Gasteiger charge is -2.32. The van der Waals surface area contributed by atoms with Gasteiger partial charge in [-0.2, -0.15) is 0 Å². The van der Waals surface area contributed by atoms with Gasteiger partial charge in [0.15, 0.2) is 5.78 Å². The molecule has 2 aliphatic heterocycles. The van der Waals surface area contributed by atoms with Crippen LogP contribution in [0.4, 0.5) is 0 Å². The summed E-state index contributed by atoms with van der Waals surface area (Å²) in [5.41, 5.74) is 3.86. The van der Waals surface area contributed by atoms with E-state index in [2.05, 4.69) is 28.9 Å². The van der Waals surface area contributed by atoms with Crippen LogP contribution >= 0.6 is 0 Å². The fraction of sp³-hybridized carbons (Fsp3) is 0.500.